The van der Waals surface area contributed by atoms with Gasteiger partial charge in [0, 0.05) is 13.1 Å². The second-order valence-corrected chi connectivity index (χ2v) is 9.88. The molecule has 1 N–H and O–H groups in total. The smallest absolute Gasteiger partial charge is 0.431 e. The second kappa shape index (κ2) is 10.7. The molecule has 1 unspecified atom stereocenters. The van der Waals surface area contributed by atoms with Crippen LogP contribution in [0, 0.1) is 5.82 Å². The zero-order chi connectivity index (χ0) is 28.6. The minimum atomic E-state index is -5.02. The molecular formula is C24H17ClF4N4O5S. The number of halogens is 5. The summed E-state index contributed by atoms with van der Waals surface area (Å²) in [7, 11) is 0.771. The van der Waals surface area contributed by atoms with E-state index in [0.717, 1.165) is 35.3 Å². The van der Waals surface area contributed by atoms with Crippen molar-refractivity contribution in [1.29, 1.82) is 0 Å². The number of carbonyl (C=O) groups excluding carboxylic acids is 1. The summed E-state index contributed by atoms with van der Waals surface area (Å²) in [5.41, 5.74) is -4.65. The van der Waals surface area contributed by atoms with Crippen molar-refractivity contribution >= 4 is 46.1 Å². The van der Waals surface area contributed by atoms with E-state index in [1.165, 1.54) is 0 Å². The van der Waals surface area contributed by atoms with Crippen molar-refractivity contribution in [2.24, 2.45) is 12.0 Å². The molecule has 2 heterocycles. The molecule has 2 aromatic carbocycles. The van der Waals surface area contributed by atoms with Crippen LogP contribution >= 0.6 is 23.4 Å². The molecule has 1 atom stereocenters. The first-order valence-corrected chi connectivity index (χ1v) is 12.3. The van der Waals surface area contributed by atoms with Gasteiger partial charge in [0.1, 0.15) is 18.1 Å². The van der Waals surface area contributed by atoms with E-state index in [2.05, 4.69) is 4.99 Å². The predicted molar refractivity (Wildman–Crippen MR) is 135 cm³/mol. The number of thioether (sulfide) groups is 1. The topological polar surface area (TPSA) is 114 Å². The van der Waals surface area contributed by atoms with Gasteiger partial charge in [0.15, 0.2) is 5.17 Å². The minimum absolute atomic E-state index is 0.0875. The zero-order valence-corrected chi connectivity index (χ0v) is 21.3. The van der Waals surface area contributed by atoms with E-state index in [9.17, 15) is 41.8 Å². The summed E-state index contributed by atoms with van der Waals surface area (Å²) in [5.74, 6) is -3.08. The highest BCUT2D eigenvalue weighted by Gasteiger charge is 2.39. The number of carbonyl (C=O) groups is 2. The summed E-state index contributed by atoms with van der Waals surface area (Å²) in [6, 6.07) is 10.6. The second-order valence-electron chi connectivity index (χ2n) is 8.31. The van der Waals surface area contributed by atoms with Gasteiger partial charge in [-0.05, 0) is 24.1 Å². The Morgan fingerprint density at radius 1 is 1.13 bits per heavy atom. The lowest BCUT2D eigenvalue weighted by Gasteiger charge is -2.16. The number of aliphatic carboxylic acids is 1. The van der Waals surface area contributed by atoms with Crippen LogP contribution in [0.1, 0.15) is 11.3 Å². The first-order valence-electron chi connectivity index (χ1n) is 11.0. The van der Waals surface area contributed by atoms with Gasteiger partial charge in [-0.3, -0.25) is 23.9 Å². The van der Waals surface area contributed by atoms with E-state index >= 15 is 0 Å². The third-order valence-corrected chi connectivity index (χ3v) is 7.14. The van der Waals surface area contributed by atoms with Gasteiger partial charge in [0.25, 0.3) is 5.56 Å². The van der Waals surface area contributed by atoms with Gasteiger partial charge < -0.3 is 5.11 Å². The molecule has 0 radical (unpaired) electrons. The molecular weight excluding hydrogens is 568 g/mol. The van der Waals surface area contributed by atoms with E-state index in [1.807, 2.05) is 0 Å². The Balaban J connectivity index is 1.80. The van der Waals surface area contributed by atoms with Crippen LogP contribution in [0.15, 0.2) is 63.1 Å². The van der Waals surface area contributed by atoms with Crippen LogP contribution in [0.4, 0.5) is 23.2 Å². The maximum Gasteiger partial charge on any atom is 0.431 e. The molecule has 4 rings (SSSR count). The van der Waals surface area contributed by atoms with Gasteiger partial charge in [-0.1, -0.05) is 53.7 Å². The predicted octanol–water partition coefficient (Wildman–Crippen LogP) is 3.61. The number of aromatic nitrogens is 2. The van der Waals surface area contributed by atoms with Crippen LogP contribution in [0.2, 0.25) is 5.02 Å². The molecule has 3 aromatic rings. The SMILES string of the molecule is Cn1c(C(F)(F)F)cc(=O)n(-c2cc(N=C3SC(Cc4ccccc4)C(=O)N3CC(=O)O)c(Cl)cc2F)c1=O. The molecule has 204 valence electrons. The molecule has 39 heavy (non-hydrogen) atoms. The fraction of sp³-hybridized carbons (Fsp3) is 0.208. The van der Waals surface area contributed by atoms with Crippen LogP contribution < -0.4 is 11.2 Å². The number of amides is 1. The maximum atomic E-state index is 14.9. The molecule has 0 saturated carbocycles. The molecule has 1 aliphatic rings. The van der Waals surface area contributed by atoms with Crippen molar-refractivity contribution in [3.8, 4) is 5.69 Å². The summed E-state index contributed by atoms with van der Waals surface area (Å²) in [6.07, 6.45) is -4.77. The molecule has 9 nitrogen and oxygen atoms in total. The normalized spacial score (nSPS) is 16.8. The van der Waals surface area contributed by atoms with Crippen molar-refractivity contribution in [2.45, 2.75) is 17.8 Å². The van der Waals surface area contributed by atoms with Crippen LogP contribution in [-0.4, -0.2) is 48.0 Å². The quantitative estimate of drug-likeness (QED) is 0.443. The first-order chi connectivity index (χ1) is 18.3. The van der Waals surface area contributed by atoms with Crippen molar-refractivity contribution in [3.05, 3.63) is 91.5 Å². The molecule has 1 saturated heterocycles. The lowest BCUT2D eigenvalue weighted by atomic mass is 10.1. The van der Waals surface area contributed by atoms with Crippen molar-refractivity contribution < 1.29 is 32.3 Å². The standard InChI is InChI=1S/C24H17ClF4N4O5S/c1-31-18(24(27,28)29)10-19(34)33(23(31)38)16-9-15(13(25)8-14(16)26)30-22-32(11-20(35)36)21(37)17(39-22)7-12-5-3-2-4-6-12/h2-6,8-10,17H,7,11H2,1H3,(H,35,36). The fourth-order valence-electron chi connectivity index (χ4n) is 3.84. The Morgan fingerprint density at radius 2 is 1.79 bits per heavy atom. The van der Waals surface area contributed by atoms with E-state index < -0.39 is 58.3 Å². The van der Waals surface area contributed by atoms with Crippen LogP contribution in [-0.2, 0) is 29.2 Å². The van der Waals surface area contributed by atoms with Crippen LogP contribution in [0.3, 0.4) is 0 Å². The van der Waals surface area contributed by atoms with Gasteiger partial charge in [-0.25, -0.2) is 18.7 Å². The van der Waals surface area contributed by atoms with Gasteiger partial charge in [-0.15, -0.1) is 0 Å². The van der Waals surface area contributed by atoms with Crippen LogP contribution in [0.25, 0.3) is 5.69 Å². The number of alkyl halides is 3. The van der Waals surface area contributed by atoms with E-state index in [0.29, 0.717) is 6.07 Å². The summed E-state index contributed by atoms with van der Waals surface area (Å²) >= 11 is 7.06. The summed E-state index contributed by atoms with van der Waals surface area (Å²) < 4.78 is 54.8. The van der Waals surface area contributed by atoms with Crippen molar-refractivity contribution in [2.75, 3.05) is 6.54 Å². The Hall–Kier alpha value is -3.91. The number of amidine groups is 1. The highest BCUT2D eigenvalue weighted by molar-refractivity contribution is 8.15. The largest absolute Gasteiger partial charge is 0.480 e. The van der Waals surface area contributed by atoms with E-state index in [1.54, 1.807) is 30.3 Å². The van der Waals surface area contributed by atoms with E-state index in [4.69, 9.17) is 11.6 Å². The average molecular weight is 585 g/mol. The molecule has 0 bridgehead atoms. The Labute approximate surface area is 226 Å². The molecule has 1 aromatic heterocycles. The minimum Gasteiger partial charge on any atom is -0.480 e. The highest BCUT2D eigenvalue weighted by Crippen LogP contribution is 2.35. The Morgan fingerprint density at radius 3 is 2.41 bits per heavy atom. The molecule has 1 amide bonds. The Bertz CT molecular complexity index is 1620. The number of hydrogen-bond acceptors (Lipinski definition) is 6. The third kappa shape index (κ3) is 5.76. The molecule has 0 aliphatic carbocycles. The number of aliphatic imine (C=N–C) groups is 1. The maximum absolute atomic E-state index is 14.9. The number of carboxylic acid groups (broad SMARTS) is 1. The van der Waals surface area contributed by atoms with Gasteiger partial charge in [-0.2, -0.15) is 13.2 Å². The van der Waals surface area contributed by atoms with Gasteiger partial charge in [0.05, 0.1) is 21.6 Å². The number of rotatable bonds is 6. The lowest BCUT2D eigenvalue weighted by Crippen LogP contribution is -2.41. The number of nitrogens with zero attached hydrogens (tertiary/aromatic N) is 4. The highest BCUT2D eigenvalue weighted by atomic mass is 35.5. The molecule has 1 fully saturated rings. The number of hydrogen-bond donors (Lipinski definition) is 1. The monoisotopic (exact) mass is 584 g/mol. The number of benzene rings is 2. The summed E-state index contributed by atoms with van der Waals surface area (Å²) in [6.45, 7) is -0.736. The molecule has 15 heteroatoms. The first kappa shape index (κ1) is 28.1. The third-order valence-electron chi connectivity index (χ3n) is 5.66. The number of carboxylic acids is 1. The lowest BCUT2D eigenvalue weighted by molar-refractivity contribution is -0.144. The summed E-state index contributed by atoms with van der Waals surface area (Å²) in [5, 5.41) is 8.16. The van der Waals surface area contributed by atoms with E-state index in [-0.39, 0.29) is 37.5 Å². The van der Waals surface area contributed by atoms with Crippen molar-refractivity contribution in [1.82, 2.24) is 14.0 Å². The fourth-order valence-corrected chi connectivity index (χ4v) is 5.22. The average Bonchev–Trinajstić information content (AvgIpc) is 3.12. The molecule has 1 aliphatic heterocycles. The Kier molecular flexibility index (Phi) is 7.70. The van der Waals surface area contributed by atoms with Gasteiger partial charge in [0.2, 0.25) is 5.91 Å². The van der Waals surface area contributed by atoms with Gasteiger partial charge >= 0.3 is 17.8 Å². The zero-order valence-electron chi connectivity index (χ0n) is 19.8. The summed E-state index contributed by atoms with van der Waals surface area (Å²) in [4.78, 5) is 54.7. The van der Waals surface area contributed by atoms with Crippen molar-refractivity contribution in [3.63, 3.8) is 0 Å². The van der Waals surface area contributed by atoms with Crippen LogP contribution in [0.5, 0.6) is 0 Å². The molecule has 0 spiro atoms.